The highest BCUT2D eigenvalue weighted by Gasteiger charge is 2.34. The van der Waals surface area contributed by atoms with E-state index >= 15 is 0 Å². The topological polar surface area (TPSA) is 66.6 Å². The predicted octanol–water partition coefficient (Wildman–Crippen LogP) is 1.31. The minimum absolute atomic E-state index is 0.0376. The van der Waals surface area contributed by atoms with Gasteiger partial charge in [-0.25, -0.2) is 0 Å². The number of thiocarbonyl (C=S) groups is 1. The number of hydrogen-bond acceptors (Lipinski definition) is 3. The summed E-state index contributed by atoms with van der Waals surface area (Å²) in [5.74, 6) is -0.221. The molecule has 3 N–H and O–H groups in total. The Kier molecular flexibility index (Phi) is 6.02. The number of carbonyl (C=O) groups is 1. The van der Waals surface area contributed by atoms with Crippen molar-refractivity contribution in [2.24, 2.45) is 17.6 Å². The number of piperidine rings is 1. The molecule has 0 saturated carbocycles. The van der Waals surface area contributed by atoms with Crippen LogP contribution in [0, 0.1) is 11.8 Å². The van der Waals surface area contributed by atoms with Crippen LogP contribution in [0.3, 0.4) is 0 Å². The van der Waals surface area contributed by atoms with Crippen LogP contribution in [0.25, 0.3) is 0 Å². The normalized spacial score (nSPS) is 22.0. The molecule has 4 nitrogen and oxygen atoms in total. The van der Waals surface area contributed by atoms with Crippen molar-refractivity contribution in [3.05, 3.63) is 0 Å². The van der Waals surface area contributed by atoms with Gasteiger partial charge in [0.2, 0.25) is 5.91 Å². The molecule has 1 aliphatic rings. The molecule has 2 unspecified atom stereocenters. The van der Waals surface area contributed by atoms with E-state index in [0.717, 1.165) is 25.8 Å². The highest BCUT2D eigenvalue weighted by molar-refractivity contribution is 7.80. The smallest absolute Gasteiger partial charge is 0.233 e. The number of aliphatic hydroxyl groups is 1. The molecule has 0 radical (unpaired) electrons. The van der Waals surface area contributed by atoms with Crippen LogP contribution in [0.2, 0.25) is 0 Å². The van der Waals surface area contributed by atoms with Gasteiger partial charge in [0.15, 0.2) is 0 Å². The summed E-state index contributed by atoms with van der Waals surface area (Å²) >= 11 is 5.02. The lowest BCUT2D eigenvalue weighted by Gasteiger charge is -2.38. The molecule has 5 heteroatoms. The second-order valence-electron chi connectivity index (χ2n) is 5.32. The first-order valence-corrected chi connectivity index (χ1v) is 7.10. The average Bonchev–Trinajstić information content (AvgIpc) is 2.29. The zero-order valence-electron chi connectivity index (χ0n) is 11.3. The lowest BCUT2D eigenvalue weighted by Crippen LogP contribution is -2.50. The summed E-state index contributed by atoms with van der Waals surface area (Å²) in [6.45, 7) is 4.81. The monoisotopic (exact) mass is 272 g/mol. The number of nitrogens with two attached hydrogens (primary N) is 1. The van der Waals surface area contributed by atoms with Gasteiger partial charge in [-0.3, -0.25) is 4.79 Å². The third-order valence-electron chi connectivity index (χ3n) is 3.61. The molecule has 1 aliphatic heterocycles. The van der Waals surface area contributed by atoms with Gasteiger partial charge in [-0.15, -0.1) is 0 Å². The Morgan fingerprint density at radius 1 is 1.50 bits per heavy atom. The maximum absolute atomic E-state index is 12.5. The largest absolute Gasteiger partial charge is 0.396 e. The summed E-state index contributed by atoms with van der Waals surface area (Å²) < 4.78 is 0. The van der Waals surface area contributed by atoms with E-state index in [1.807, 2.05) is 18.7 Å². The SMILES string of the molecule is CC(C)C(C(=O)N1CCCCC1CCO)C(N)=S. The van der Waals surface area contributed by atoms with Crippen molar-refractivity contribution in [2.75, 3.05) is 13.2 Å². The number of nitrogens with zero attached hydrogens (tertiary/aromatic N) is 1. The molecule has 0 bridgehead atoms. The molecule has 104 valence electrons. The van der Waals surface area contributed by atoms with Crippen molar-refractivity contribution in [2.45, 2.75) is 45.6 Å². The van der Waals surface area contributed by atoms with Crippen LogP contribution in [-0.2, 0) is 4.79 Å². The number of likely N-dealkylation sites (tertiary alicyclic amines) is 1. The van der Waals surface area contributed by atoms with Gasteiger partial charge in [0, 0.05) is 19.2 Å². The van der Waals surface area contributed by atoms with Crippen molar-refractivity contribution in [3.63, 3.8) is 0 Å². The van der Waals surface area contributed by atoms with E-state index < -0.39 is 0 Å². The van der Waals surface area contributed by atoms with Crippen molar-refractivity contribution in [3.8, 4) is 0 Å². The number of carbonyl (C=O) groups excluding carboxylic acids is 1. The molecular weight excluding hydrogens is 248 g/mol. The van der Waals surface area contributed by atoms with Gasteiger partial charge in [0.1, 0.15) is 0 Å². The molecule has 2 atom stereocenters. The van der Waals surface area contributed by atoms with Crippen LogP contribution in [0.15, 0.2) is 0 Å². The Balaban J connectivity index is 2.81. The third-order valence-corrected chi connectivity index (χ3v) is 3.87. The number of rotatable bonds is 5. The number of hydrogen-bond donors (Lipinski definition) is 2. The van der Waals surface area contributed by atoms with E-state index in [-0.39, 0.29) is 35.4 Å². The molecule has 1 fully saturated rings. The Hall–Kier alpha value is -0.680. The standard InChI is InChI=1S/C13H24N2O2S/c1-9(2)11(12(14)18)13(17)15-7-4-3-5-10(15)6-8-16/h9-11,16H,3-8H2,1-2H3,(H2,14,18). The van der Waals surface area contributed by atoms with E-state index in [9.17, 15) is 4.79 Å². The van der Waals surface area contributed by atoms with Crippen LogP contribution in [-0.4, -0.2) is 40.1 Å². The Bertz CT molecular complexity index is 305. The molecule has 1 saturated heterocycles. The van der Waals surface area contributed by atoms with Crippen LogP contribution < -0.4 is 5.73 Å². The molecule has 1 rings (SSSR count). The van der Waals surface area contributed by atoms with Gasteiger partial charge >= 0.3 is 0 Å². The van der Waals surface area contributed by atoms with E-state index in [1.54, 1.807) is 0 Å². The summed E-state index contributed by atoms with van der Waals surface area (Å²) in [5.41, 5.74) is 5.70. The van der Waals surface area contributed by atoms with E-state index in [0.29, 0.717) is 6.42 Å². The van der Waals surface area contributed by atoms with Gasteiger partial charge in [-0.05, 0) is 31.6 Å². The second kappa shape index (κ2) is 7.04. The first kappa shape index (κ1) is 15.4. The highest BCUT2D eigenvalue weighted by Crippen LogP contribution is 2.24. The Morgan fingerprint density at radius 2 is 2.17 bits per heavy atom. The minimum atomic E-state index is -0.376. The predicted molar refractivity (Wildman–Crippen MR) is 76.2 cm³/mol. The quantitative estimate of drug-likeness (QED) is 0.741. The molecule has 0 aromatic rings. The summed E-state index contributed by atoms with van der Waals surface area (Å²) in [4.78, 5) is 14.7. The molecule has 0 aliphatic carbocycles. The fourth-order valence-corrected chi connectivity index (χ4v) is 3.03. The summed E-state index contributed by atoms with van der Waals surface area (Å²) in [5, 5.41) is 9.09. The van der Waals surface area contributed by atoms with Gasteiger partial charge in [-0.2, -0.15) is 0 Å². The van der Waals surface area contributed by atoms with Gasteiger partial charge in [0.25, 0.3) is 0 Å². The molecule has 0 spiro atoms. The fourth-order valence-electron chi connectivity index (χ4n) is 2.65. The molecule has 0 aromatic carbocycles. The van der Waals surface area contributed by atoms with Gasteiger partial charge in [0.05, 0.1) is 10.9 Å². The third kappa shape index (κ3) is 3.65. The zero-order chi connectivity index (χ0) is 13.7. The summed E-state index contributed by atoms with van der Waals surface area (Å²) in [6, 6.07) is 0.145. The first-order chi connectivity index (χ1) is 8.49. The number of aliphatic hydroxyl groups excluding tert-OH is 1. The van der Waals surface area contributed by atoms with Crippen molar-refractivity contribution < 1.29 is 9.90 Å². The summed E-state index contributed by atoms with van der Waals surface area (Å²) in [6.07, 6.45) is 3.76. The molecule has 0 aromatic heterocycles. The van der Waals surface area contributed by atoms with Crippen molar-refractivity contribution in [1.29, 1.82) is 0 Å². The van der Waals surface area contributed by atoms with Crippen molar-refractivity contribution >= 4 is 23.1 Å². The number of amides is 1. The molecule has 1 heterocycles. The fraction of sp³-hybridized carbons (Fsp3) is 0.846. The van der Waals surface area contributed by atoms with Crippen molar-refractivity contribution in [1.82, 2.24) is 4.90 Å². The van der Waals surface area contributed by atoms with Crippen LogP contribution in [0.4, 0.5) is 0 Å². The average molecular weight is 272 g/mol. The minimum Gasteiger partial charge on any atom is -0.396 e. The molecular formula is C13H24N2O2S. The summed E-state index contributed by atoms with van der Waals surface area (Å²) in [7, 11) is 0. The van der Waals surface area contributed by atoms with Crippen LogP contribution in [0.1, 0.15) is 39.5 Å². The first-order valence-electron chi connectivity index (χ1n) is 6.69. The maximum atomic E-state index is 12.5. The van der Waals surface area contributed by atoms with E-state index in [2.05, 4.69) is 0 Å². The zero-order valence-corrected chi connectivity index (χ0v) is 12.1. The second-order valence-corrected chi connectivity index (χ2v) is 5.79. The van der Waals surface area contributed by atoms with Crippen LogP contribution >= 0.6 is 12.2 Å². The lowest BCUT2D eigenvalue weighted by molar-refractivity contribution is -0.138. The molecule has 18 heavy (non-hydrogen) atoms. The molecule has 1 amide bonds. The van der Waals surface area contributed by atoms with Gasteiger partial charge in [-0.1, -0.05) is 26.1 Å². The Morgan fingerprint density at radius 3 is 2.67 bits per heavy atom. The van der Waals surface area contributed by atoms with E-state index in [1.165, 1.54) is 0 Å². The highest BCUT2D eigenvalue weighted by atomic mass is 32.1. The van der Waals surface area contributed by atoms with Gasteiger partial charge < -0.3 is 15.7 Å². The van der Waals surface area contributed by atoms with E-state index in [4.69, 9.17) is 23.1 Å². The Labute approximate surface area is 115 Å². The maximum Gasteiger partial charge on any atom is 0.233 e. The van der Waals surface area contributed by atoms with Crippen LogP contribution in [0.5, 0.6) is 0 Å². The lowest BCUT2D eigenvalue weighted by atomic mass is 9.91.